The average molecular weight is 429 g/mol. The topological polar surface area (TPSA) is 101 Å². The Morgan fingerprint density at radius 1 is 0.938 bits per heavy atom. The molecule has 0 fully saturated rings. The molecule has 0 saturated carbocycles. The van der Waals surface area contributed by atoms with Crippen molar-refractivity contribution in [3.8, 4) is 0 Å². The summed E-state index contributed by atoms with van der Waals surface area (Å²) < 4.78 is 0. The SMILES string of the molecule is Cc1ccc(C(=O)N/C(=C/c2ccc([N+](=O)[O-])cc2)C(=O)NCCc2ccccc2)cc1. The Bertz CT molecular complexity index is 1120. The molecule has 0 aromatic heterocycles. The predicted molar refractivity (Wildman–Crippen MR) is 123 cm³/mol. The summed E-state index contributed by atoms with van der Waals surface area (Å²) in [4.78, 5) is 35.9. The number of nitro groups is 1. The second kappa shape index (κ2) is 10.7. The summed E-state index contributed by atoms with van der Waals surface area (Å²) in [5.74, 6) is -0.865. The van der Waals surface area contributed by atoms with E-state index < -0.39 is 16.7 Å². The fourth-order valence-corrected chi connectivity index (χ4v) is 2.98. The quantitative estimate of drug-likeness (QED) is 0.321. The number of non-ortho nitro benzene ring substituents is 1. The number of carbonyl (C=O) groups is 2. The maximum absolute atomic E-state index is 12.8. The minimum Gasteiger partial charge on any atom is -0.350 e. The minimum absolute atomic E-state index is 0.0532. The van der Waals surface area contributed by atoms with E-state index in [9.17, 15) is 19.7 Å². The van der Waals surface area contributed by atoms with Crippen LogP contribution in [0, 0.1) is 17.0 Å². The molecule has 3 aromatic carbocycles. The van der Waals surface area contributed by atoms with Gasteiger partial charge in [0.15, 0.2) is 0 Å². The summed E-state index contributed by atoms with van der Waals surface area (Å²) in [7, 11) is 0. The summed E-state index contributed by atoms with van der Waals surface area (Å²) in [6.07, 6.45) is 2.14. The van der Waals surface area contributed by atoms with Crippen LogP contribution in [-0.2, 0) is 11.2 Å². The van der Waals surface area contributed by atoms with Gasteiger partial charge in [0.05, 0.1) is 4.92 Å². The smallest absolute Gasteiger partial charge is 0.269 e. The van der Waals surface area contributed by atoms with E-state index >= 15 is 0 Å². The lowest BCUT2D eigenvalue weighted by molar-refractivity contribution is -0.384. The first-order valence-corrected chi connectivity index (χ1v) is 10.1. The third kappa shape index (κ3) is 6.37. The molecule has 7 heteroatoms. The molecule has 32 heavy (non-hydrogen) atoms. The fourth-order valence-electron chi connectivity index (χ4n) is 2.98. The maximum Gasteiger partial charge on any atom is 0.269 e. The van der Waals surface area contributed by atoms with Crippen LogP contribution < -0.4 is 10.6 Å². The number of hydrogen-bond donors (Lipinski definition) is 2. The Hall–Kier alpha value is -4.26. The molecule has 0 aliphatic rings. The molecule has 0 spiro atoms. The van der Waals surface area contributed by atoms with Gasteiger partial charge in [-0.15, -0.1) is 0 Å². The van der Waals surface area contributed by atoms with E-state index in [-0.39, 0.29) is 11.4 Å². The lowest BCUT2D eigenvalue weighted by Gasteiger charge is -2.12. The van der Waals surface area contributed by atoms with Gasteiger partial charge in [-0.2, -0.15) is 0 Å². The highest BCUT2D eigenvalue weighted by molar-refractivity contribution is 6.05. The number of nitrogens with zero attached hydrogens (tertiary/aromatic N) is 1. The van der Waals surface area contributed by atoms with Gasteiger partial charge in [0.1, 0.15) is 5.70 Å². The summed E-state index contributed by atoms with van der Waals surface area (Å²) in [5.41, 5.74) is 3.06. The van der Waals surface area contributed by atoms with Gasteiger partial charge >= 0.3 is 0 Å². The van der Waals surface area contributed by atoms with Gasteiger partial charge in [0, 0.05) is 24.2 Å². The third-order valence-electron chi connectivity index (χ3n) is 4.76. The van der Waals surface area contributed by atoms with Crippen LogP contribution in [0.1, 0.15) is 27.0 Å². The van der Waals surface area contributed by atoms with E-state index in [0.717, 1.165) is 11.1 Å². The van der Waals surface area contributed by atoms with Crippen LogP contribution in [0.2, 0.25) is 0 Å². The zero-order valence-corrected chi connectivity index (χ0v) is 17.6. The van der Waals surface area contributed by atoms with Crippen LogP contribution in [0.25, 0.3) is 6.08 Å². The van der Waals surface area contributed by atoms with E-state index in [4.69, 9.17) is 0 Å². The van der Waals surface area contributed by atoms with Gasteiger partial charge in [-0.3, -0.25) is 19.7 Å². The van der Waals surface area contributed by atoms with Crippen LogP contribution in [0.4, 0.5) is 5.69 Å². The molecule has 0 bridgehead atoms. The molecular formula is C25H23N3O4. The Morgan fingerprint density at radius 2 is 1.59 bits per heavy atom. The first kappa shape index (κ1) is 22.4. The fraction of sp³-hybridized carbons (Fsp3) is 0.120. The van der Waals surface area contributed by atoms with Crippen LogP contribution in [0.5, 0.6) is 0 Å². The second-order valence-electron chi connectivity index (χ2n) is 7.22. The highest BCUT2D eigenvalue weighted by Gasteiger charge is 2.15. The first-order valence-electron chi connectivity index (χ1n) is 10.1. The summed E-state index contributed by atoms with van der Waals surface area (Å²) >= 11 is 0. The molecule has 0 atom stereocenters. The van der Waals surface area contributed by atoms with Crippen molar-refractivity contribution < 1.29 is 14.5 Å². The Balaban J connectivity index is 1.77. The minimum atomic E-state index is -0.496. The Morgan fingerprint density at radius 3 is 2.22 bits per heavy atom. The van der Waals surface area contributed by atoms with Crippen molar-refractivity contribution in [2.75, 3.05) is 6.54 Å². The lowest BCUT2D eigenvalue weighted by atomic mass is 10.1. The number of hydrogen-bond acceptors (Lipinski definition) is 4. The number of nitrogens with one attached hydrogen (secondary N) is 2. The van der Waals surface area contributed by atoms with E-state index in [0.29, 0.717) is 24.1 Å². The van der Waals surface area contributed by atoms with Crippen molar-refractivity contribution in [2.24, 2.45) is 0 Å². The van der Waals surface area contributed by atoms with Crippen molar-refractivity contribution in [2.45, 2.75) is 13.3 Å². The lowest BCUT2D eigenvalue weighted by Crippen LogP contribution is -2.35. The van der Waals surface area contributed by atoms with Gasteiger partial charge in [-0.1, -0.05) is 48.0 Å². The molecule has 162 valence electrons. The molecule has 0 saturated heterocycles. The number of rotatable bonds is 8. The maximum atomic E-state index is 12.8. The molecule has 0 heterocycles. The highest BCUT2D eigenvalue weighted by Crippen LogP contribution is 2.14. The van der Waals surface area contributed by atoms with E-state index in [1.54, 1.807) is 12.1 Å². The van der Waals surface area contributed by atoms with Gasteiger partial charge in [-0.25, -0.2) is 0 Å². The summed E-state index contributed by atoms with van der Waals surface area (Å²) in [6.45, 7) is 2.31. The molecule has 2 N–H and O–H groups in total. The van der Waals surface area contributed by atoms with Crippen LogP contribution in [-0.4, -0.2) is 23.3 Å². The number of carbonyl (C=O) groups excluding carboxylic acids is 2. The number of benzene rings is 3. The highest BCUT2D eigenvalue weighted by atomic mass is 16.6. The number of nitro benzene ring substituents is 1. The molecular weight excluding hydrogens is 406 g/mol. The Kier molecular flexibility index (Phi) is 7.48. The van der Waals surface area contributed by atoms with Gasteiger partial charge < -0.3 is 10.6 Å². The molecule has 3 aromatic rings. The zero-order valence-electron chi connectivity index (χ0n) is 17.6. The Labute approximate surface area is 185 Å². The van der Waals surface area contributed by atoms with Crippen LogP contribution in [0.3, 0.4) is 0 Å². The molecule has 3 rings (SSSR count). The van der Waals surface area contributed by atoms with Crippen molar-refractivity contribution in [3.63, 3.8) is 0 Å². The zero-order chi connectivity index (χ0) is 22.9. The largest absolute Gasteiger partial charge is 0.350 e. The summed E-state index contributed by atoms with van der Waals surface area (Å²) in [6, 6.07) is 22.5. The van der Waals surface area contributed by atoms with Crippen LogP contribution in [0.15, 0.2) is 84.6 Å². The average Bonchev–Trinajstić information content (AvgIpc) is 2.80. The number of aryl methyl sites for hydroxylation is 1. The van der Waals surface area contributed by atoms with Gasteiger partial charge in [0.2, 0.25) is 0 Å². The van der Waals surface area contributed by atoms with Gasteiger partial charge in [0.25, 0.3) is 17.5 Å². The third-order valence-corrected chi connectivity index (χ3v) is 4.76. The van der Waals surface area contributed by atoms with Crippen molar-refractivity contribution in [3.05, 3.63) is 117 Å². The molecule has 0 radical (unpaired) electrons. The van der Waals surface area contributed by atoms with E-state index in [2.05, 4.69) is 10.6 Å². The first-order chi connectivity index (χ1) is 15.4. The standard InChI is InChI=1S/C25H23N3O4/c1-18-7-11-21(12-8-18)24(29)27-23(17-20-9-13-22(14-10-20)28(31)32)25(30)26-16-15-19-5-3-2-4-6-19/h2-14,17H,15-16H2,1H3,(H,26,30)(H,27,29)/b23-17+. The summed E-state index contributed by atoms with van der Waals surface area (Å²) in [5, 5.41) is 16.4. The molecule has 7 nitrogen and oxygen atoms in total. The second-order valence-corrected chi connectivity index (χ2v) is 7.22. The van der Waals surface area contributed by atoms with Crippen molar-refractivity contribution >= 4 is 23.6 Å². The van der Waals surface area contributed by atoms with E-state index in [1.165, 1.54) is 30.3 Å². The number of amides is 2. The van der Waals surface area contributed by atoms with Crippen LogP contribution >= 0.6 is 0 Å². The van der Waals surface area contributed by atoms with E-state index in [1.807, 2.05) is 49.4 Å². The van der Waals surface area contributed by atoms with Crippen molar-refractivity contribution in [1.29, 1.82) is 0 Å². The molecule has 0 aliphatic heterocycles. The predicted octanol–water partition coefficient (Wildman–Crippen LogP) is 4.03. The van der Waals surface area contributed by atoms with Crippen molar-refractivity contribution in [1.82, 2.24) is 10.6 Å². The molecule has 2 amide bonds. The molecule has 0 aliphatic carbocycles. The normalized spacial score (nSPS) is 11.0. The van der Waals surface area contributed by atoms with Gasteiger partial charge in [-0.05, 0) is 54.8 Å². The molecule has 0 unspecified atom stereocenters. The monoisotopic (exact) mass is 429 g/mol.